The van der Waals surface area contributed by atoms with Gasteiger partial charge in [0.25, 0.3) is 0 Å². The van der Waals surface area contributed by atoms with Crippen molar-refractivity contribution in [2.45, 2.75) is 55.3 Å². The Morgan fingerprint density at radius 1 is 0.203 bits per heavy atom. The van der Waals surface area contributed by atoms with Crippen molar-refractivity contribution in [3.8, 4) is 0 Å². The van der Waals surface area contributed by atoms with Gasteiger partial charge in [-0.1, -0.05) is 0 Å². The van der Waals surface area contributed by atoms with Crippen LogP contribution in [0.15, 0.2) is 0 Å². The van der Waals surface area contributed by atoms with Gasteiger partial charge in [0.15, 0.2) is 16.8 Å². The third-order valence-electron chi connectivity index (χ3n) is 3.86. The predicted octanol–water partition coefficient (Wildman–Crippen LogP) is -13.8. The van der Waals surface area contributed by atoms with Crippen LogP contribution in [0, 0.1) is 0 Å². The molecular formula is C23H57Na7O44. The zero-order valence-electron chi connectivity index (χ0n) is 32.3. The van der Waals surface area contributed by atoms with Crippen LogP contribution in [0.5, 0.6) is 0 Å². The maximum absolute atomic E-state index is 10.3. The van der Waals surface area contributed by atoms with Crippen molar-refractivity contribution in [2.75, 3.05) is 0 Å². The van der Waals surface area contributed by atoms with E-state index in [0.29, 0.717) is 0 Å². The summed E-state index contributed by atoms with van der Waals surface area (Å²) >= 11 is 0. The number of aliphatic hydroxyl groups is 3. The molecule has 0 atom stereocenters. The minimum atomic E-state index is -2.74. The van der Waals surface area contributed by atoms with Crippen molar-refractivity contribution < 1.29 is 223 Å². The van der Waals surface area contributed by atoms with E-state index in [2.05, 4.69) is 0 Å². The monoisotopic (exact) mass is 1200 g/mol. The van der Waals surface area contributed by atoms with Crippen LogP contribution in [0.3, 0.4) is 0 Å². The van der Waals surface area contributed by atoms with Crippen LogP contribution in [0.1, 0.15) is 38.5 Å². The van der Waals surface area contributed by atoms with Crippen molar-refractivity contribution in [1.82, 2.24) is 0 Å². The van der Waals surface area contributed by atoms with Crippen LogP contribution in [0.2, 0.25) is 0 Å². The van der Waals surface area contributed by atoms with E-state index in [-0.39, 0.29) is 251 Å². The van der Waals surface area contributed by atoms with Crippen LogP contribution in [0.25, 0.3) is 0 Å². The van der Waals surface area contributed by atoms with E-state index in [1.54, 1.807) is 0 Å². The van der Waals surface area contributed by atoms with Gasteiger partial charge in [0.1, 0.15) is 0 Å². The molecular weight excluding hydrogens is 1140 g/mol. The number of carboxylic acid groups (broad SMARTS) is 19. The number of aliphatic carboxylic acids is 9. The molecule has 0 aliphatic heterocycles. The Bertz CT molecular complexity index is 1230. The van der Waals surface area contributed by atoms with Gasteiger partial charge in [0.05, 0.1) is 38.5 Å². The molecule has 0 aliphatic rings. The summed E-state index contributed by atoms with van der Waals surface area (Å²) in [4.78, 5) is 134. The molecule has 0 aromatic carbocycles. The third-order valence-corrected chi connectivity index (χ3v) is 3.86. The summed E-state index contributed by atoms with van der Waals surface area (Å²) in [7, 11) is 0. The zero-order valence-corrected chi connectivity index (χ0v) is 32.3. The Morgan fingerprint density at radius 2 is 0.257 bits per heavy atom. The Labute approximate surface area is 562 Å². The molecule has 0 radical (unpaired) electrons. The molecule has 0 bridgehead atoms. The van der Waals surface area contributed by atoms with Crippen molar-refractivity contribution in [2.24, 2.45) is 0 Å². The predicted molar refractivity (Wildman–Crippen MR) is 243 cm³/mol. The van der Waals surface area contributed by atoms with E-state index >= 15 is 0 Å². The molecule has 74 heavy (non-hydrogen) atoms. The molecule has 0 aliphatic carbocycles. The van der Waals surface area contributed by atoms with Gasteiger partial charge in [-0.2, -0.15) is 0 Å². The summed E-state index contributed by atoms with van der Waals surface area (Å²) in [6.07, 6.45) is -16.0. The SMILES string of the molecule is O.O.O.O.O.O.O.O.O=C(O)CC(O)(CC(=O)O)C(=O)O.O=C(O)CC(O)(CC(=O)O)C(=O)O.O=C(O)CC(O)(CC(=O)O)C(=O)O.O=C(O)O.O=C(O)O.O=C(O)O.O=C(O)O.O=C(O)O.[NaH].[NaH].[NaH].[NaH].[NaH].[NaH].[NaH]. The molecule has 51 heteroatoms. The molecule has 44 nitrogen and oxygen atoms in total. The van der Waals surface area contributed by atoms with Gasteiger partial charge in [-0.3, -0.25) is 28.8 Å². The summed E-state index contributed by atoms with van der Waals surface area (Å²) in [6, 6.07) is 0. The first kappa shape index (κ1) is 151. The fraction of sp³-hybridized carbons (Fsp3) is 0.391. The van der Waals surface area contributed by atoms with Crippen LogP contribution in [-0.4, -0.2) is 464 Å². The molecule has 0 amide bonds. The Morgan fingerprint density at radius 3 is 0.284 bits per heavy atom. The summed E-state index contributed by atoms with van der Waals surface area (Å²) in [5.41, 5.74) is -8.22. The molecule has 420 valence electrons. The summed E-state index contributed by atoms with van der Waals surface area (Å²) in [5.74, 6) is -15.1. The van der Waals surface area contributed by atoms with Gasteiger partial charge in [-0.05, 0) is 0 Å². The fourth-order valence-electron chi connectivity index (χ4n) is 2.14. The van der Waals surface area contributed by atoms with Crippen molar-refractivity contribution in [3.05, 3.63) is 0 Å². The molecule has 0 aromatic heterocycles. The first-order valence-electron chi connectivity index (χ1n) is 12.8. The van der Waals surface area contributed by atoms with E-state index < -0.39 is 140 Å². The third kappa shape index (κ3) is 157. The molecule has 0 saturated carbocycles. The van der Waals surface area contributed by atoms with Crippen LogP contribution in [0.4, 0.5) is 24.0 Å². The molecule has 0 aromatic rings. The first-order valence-corrected chi connectivity index (χ1v) is 12.8. The Balaban J connectivity index is -0.0000000195. The molecule has 0 heterocycles. The number of hydrogen-bond donors (Lipinski definition) is 22. The minimum absolute atomic E-state index is 0. The van der Waals surface area contributed by atoms with E-state index in [4.69, 9.17) is 136 Å². The van der Waals surface area contributed by atoms with E-state index in [1.807, 2.05) is 0 Å². The van der Waals surface area contributed by atoms with Crippen LogP contribution < -0.4 is 0 Å². The van der Waals surface area contributed by atoms with E-state index in [1.165, 1.54) is 0 Å². The fourth-order valence-corrected chi connectivity index (χ4v) is 2.14. The molecule has 0 rings (SSSR count). The zero-order chi connectivity index (χ0) is 49.8. The van der Waals surface area contributed by atoms with Gasteiger partial charge in [-0.15, -0.1) is 0 Å². The summed E-state index contributed by atoms with van der Waals surface area (Å²) in [6.45, 7) is 0. The number of carbonyl (C=O) groups is 14. The normalized spacial score (nSPS) is 7.34. The first-order chi connectivity index (χ1) is 26.0. The van der Waals surface area contributed by atoms with Crippen molar-refractivity contribution in [1.29, 1.82) is 0 Å². The molecule has 0 unspecified atom stereocenters. The standard InChI is InChI=1S/3C6H8O7.5CH2O3.7Na.8H2O.7H/c3*7-3(8)1-6(13,5(11)12)2-4(9)10;5*2-1(3)4;;;;;;;;;;;;;;;;;;;;;;/h3*13H,1-2H2,(H,7,8)(H,9,10)(H,11,12);5*(H2,2,3,4);;;;;;;;8*1H2;;;;;;;. The molecule has 38 N–H and O–H groups in total. The molecule has 0 fully saturated rings. The molecule has 0 spiro atoms. The van der Waals surface area contributed by atoms with Gasteiger partial charge in [0, 0.05) is 0 Å². The Hall–Kier alpha value is -1.86. The van der Waals surface area contributed by atoms with E-state index in [0.717, 1.165) is 0 Å². The van der Waals surface area contributed by atoms with Crippen LogP contribution >= 0.6 is 0 Å². The summed E-state index contributed by atoms with van der Waals surface area (Å²) in [5, 5.41) is 171. The number of hydrogen-bond acceptors (Lipinski definition) is 17. The Kier molecular flexibility index (Phi) is 174. The second kappa shape index (κ2) is 85.1. The van der Waals surface area contributed by atoms with Crippen LogP contribution in [-0.2, 0) is 43.2 Å². The summed E-state index contributed by atoms with van der Waals surface area (Å²) < 4.78 is 0. The topological polar surface area (TPSA) is 936 Å². The molecule has 0 saturated heterocycles. The van der Waals surface area contributed by atoms with Crippen molar-refractivity contribution in [3.63, 3.8) is 0 Å². The van der Waals surface area contributed by atoms with Gasteiger partial charge >= 0.3 is 291 Å². The average molecular weight is 1200 g/mol. The maximum atomic E-state index is 10.3. The van der Waals surface area contributed by atoms with E-state index in [9.17, 15) is 43.2 Å². The number of rotatable bonds is 15. The second-order valence-electron chi connectivity index (χ2n) is 8.85. The van der Waals surface area contributed by atoms with Gasteiger partial charge in [-0.25, -0.2) is 38.4 Å². The second-order valence-corrected chi connectivity index (χ2v) is 8.85. The van der Waals surface area contributed by atoms with Crippen molar-refractivity contribution >= 4 is 291 Å². The quantitative estimate of drug-likeness (QED) is 0.0677. The number of carboxylic acids is 9. The van der Waals surface area contributed by atoms with Gasteiger partial charge < -0.3 is 156 Å². The van der Waals surface area contributed by atoms with Gasteiger partial charge in [0.2, 0.25) is 0 Å². The average Bonchev–Trinajstić information content (AvgIpc) is 2.89.